The molecular weight excluding hydrogens is 322 g/mol. The van der Waals surface area contributed by atoms with E-state index in [4.69, 9.17) is 11.5 Å². The number of rotatable bonds is 6. The summed E-state index contributed by atoms with van der Waals surface area (Å²) in [6.45, 7) is 4.41. The molecule has 0 radical (unpaired) electrons. The Balaban J connectivity index is 2.44. The lowest BCUT2D eigenvalue weighted by Gasteiger charge is -2.33. The number of hydrogen-bond acceptors (Lipinski definition) is 4. The van der Waals surface area contributed by atoms with Crippen LogP contribution in [0, 0.1) is 22.0 Å². The Morgan fingerprint density at radius 1 is 1.16 bits per heavy atom. The van der Waals surface area contributed by atoms with Gasteiger partial charge in [0.05, 0.1) is 16.1 Å². The third-order valence-electron chi connectivity index (χ3n) is 5.54. The highest BCUT2D eigenvalue weighted by atomic mass is 16.6. The smallest absolute Gasteiger partial charge is 0.271 e. The van der Waals surface area contributed by atoms with Gasteiger partial charge in [0.2, 0.25) is 11.8 Å². The standard InChI is InChI=1S/C18H25N3O4/c1-3-10(2)11-4-6-12(7-5-11)16-14(17(19)22)8-13(21(24)25)9-15(16)18(20)23/h8-12H,3-7H2,1-2H3,(H2,19,22)(H2,20,23)/t10?,11-,12+. The first-order valence-electron chi connectivity index (χ1n) is 8.68. The van der Waals surface area contributed by atoms with E-state index >= 15 is 0 Å². The summed E-state index contributed by atoms with van der Waals surface area (Å²) in [5, 5.41) is 11.1. The molecule has 25 heavy (non-hydrogen) atoms. The van der Waals surface area contributed by atoms with Gasteiger partial charge >= 0.3 is 0 Å². The second kappa shape index (κ2) is 7.63. The van der Waals surface area contributed by atoms with E-state index in [1.54, 1.807) is 0 Å². The Morgan fingerprint density at radius 2 is 1.64 bits per heavy atom. The van der Waals surface area contributed by atoms with E-state index in [9.17, 15) is 19.7 Å². The van der Waals surface area contributed by atoms with Crippen molar-refractivity contribution in [3.05, 3.63) is 38.9 Å². The molecular formula is C18H25N3O4. The van der Waals surface area contributed by atoms with Crippen molar-refractivity contribution in [3.63, 3.8) is 0 Å². The van der Waals surface area contributed by atoms with Gasteiger partial charge in [0, 0.05) is 12.1 Å². The third-order valence-corrected chi connectivity index (χ3v) is 5.54. The van der Waals surface area contributed by atoms with Gasteiger partial charge in [-0.1, -0.05) is 20.3 Å². The summed E-state index contributed by atoms with van der Waals surface area (Å²) in [7, 11) is 0. The first-order valence-corrected chi connectivity index (χ1v) is 8.68. The summed E-state index contributed by atoms with van der Waals surface area (Å²) in [4.78, 5) is 34.2. The van der Waals surface area contributed by atoms with Crippen molar-refractivity contribution >= 4 is 17.5 Å². The predicted molar refractivity (Wildman–Crippen MR) is 94.3 cm³/mol. The van der Waals surface area contributed by atoms with E-state index in [0.717, 1.165) is 44.2 Å². The van der Waals surface area contributed by atoms with E-state index in [1.165, 1.54) is 0 Å². The van der Waals surface area contributed by atoms with Crippen molar-refractivity contribution in [2.45, 2.75) is 51.9 Å². The summed E-state index contributed by atoms with van der Waals surface area (Å²) in [6, 6.07) is 2.32. The molecule has 0 aromatic heterocycles. The van der Waals surface area contributed by atoms with Gasteiger partial charge in [0.25, 0.3) is 5.69 Å². The number of carbonyl (C=O) groups excluding carboxylic acids is 2. The van der Waals surface area contributed by atoms with Crippen molar-refractivity contribution in [1.82, 2.24) is 0 Å². The van der Waals surface area contributed by atoms with Crippen molar-refractivity contribution in [3.8, 4) is 0 Å². The molecule has 0 bridgehead atoms. The highest BCUT2D eigenvalue weighted by molar-refractivity contribution is 6.02. The monoisotopic (exact) mass is 347 g/mol. The third kappa shape index (κ3) is 3.97. The minimum Gasteiger partial charge on any atom is -0.366 e. The highest BCUT2D eigenvalue weighted by Gasteiger charge is 2.31. The number of non-ortho nitro benzene ring substituents is 1. The number of nitro groups is 1. The Bertz CT molecular complexity index is 659. The van der Waals surface area contributed by atoms with Crippen molar-refractivity contribution in [2.24, 2.45) is 23.3 Å². The minimum absolute atomic E-state index is 0.0360. The van der Waals surface area contributed by atoms with Crippen molar-refractivity contribution in [2.75, 3.05) is 0 Å². The average Bonchev–Trinajstić information content (AvgIpc) is 2.59. The molecule has 0 saturated heterocycles. The molecule has 1 atom stereocenters. The normalized spacial score (nSPS) is 21.5. The van der Waals surface area contributed by atoms with Crippen LogP contribution in [0.25, 0.3) is 0 Å². The molecule has 0 spiro atoms. The number of nitrogens with two attached hydrogens (primary N) is 2. The molecule has 1 aromatic rings. The van der Waals surface area contributed by atoms with Crippen LogP contribution >= 0.6 is 0 Å². The number of primary amides is 2. The number of carbonyl (C=O) groups is 2. The fourth-order valence-corrected chi connectivity index (χ4v) is 3.90. The second-order valence-electron chi connectivity index (χ2n) is 6.94. The van der Waals surface area contributed by atoms with Gasteiger partial charge in [0.15, 0.2) is 0 Å². The van der Waals surface area contributed by atoms with Crippen LogP contribution in [-0.4, -0.2) is 16.7 Å². The van der Waals surface area contributed by atoms with Crippen LogP contribution in [-0.2, 0) is 0 Å². The summed E-state index contributed by atoms with van der Waals surface area (Å²) in [6.07, 6.45) is 4.73. The van der Waals surface area contributed by atoms with Crippen LogP contribution in [0.2, 0.25) is 0 Å². The van der Waals surface area contributed by atoms with Crippen molar-refractivity contribution in [1.29, 1.82) is 0 Å². The quantitative estimate of drug-likeness (QED) is 0.605. The van der Waals surface area contributed by atoms with E-state index in [1.807, 2.05) is 0 Å². The van der Waals surface area contributed by atoms with Gasteiger partial charge in [-0.2, -0.15) is 0 Å². The van der Waals surface area contributed by atoms with Gasteiger partial charge in [-0.15, -0.1) is 0 Å². The first-order chi connectivity index (χ1) is 11.8. The maximum atomic E-state index is 11.9. The van der Waals surface area contributed by atoms with Crippen LogP contribution in [0.5, 0.6) is 0 Å². The largest absolute Gasteiger partial charge is 0.366 e. The molecule has 7 heteroatoms. The summed E-state index contributed by atoms with van der Waals surface area (Å²) < 4.78 is 0. The zero-order valence-corrected chi connectivity index (χ0v) is 14.7. The SMILES string of the molecule is CCC(C)[C@H]1CC[C@@H](c2c(C(N)=O)cc([N+](=O)[O-])cc2C(N)=O)CC1. The zero-order chi connectivity index (χ0) is 18.7. The molecule has 1 fully saturated rings. The topological polar surface area (TPSA) is 129 Å². The van der Waals surface area contributed by atoms with Crippen LogP contribution in [0.1, 0.15) is 78.1 Å². The number of nitrogens with zero attached hydrogens (tertiary/aromatic N) is 1. The van der Waals surface area contributed by atoms with E-state index in [2.05, 4.69) is 13.8 Å². The van der Waals surface area contributed by atoms with Crippen LogP contribution in [0.4, 0.5) is 5.69 Å². The number of benzene rings is 1. The van der Waals surface area contributed by atoms with Gasteiger partial charge in [0.1, 0.15) is 0 Å². The Labute approximate surface area is 146 Å². The molecule has 1 unspecified atom stereocenters. The van der Waals surface area contributed by atoms with E-state index in [-0.39, 0.29) is 22.7 Å². The molecule has 1 aliphatic carbocycles. The van der Waals surface area contributed by atoms with Crippen LogP contribution < -0.4 is 11.5 Å². The number of hydrogen-bond donors (Lipinski definition) is 2. The van der Waals surface area contributed by atoms with E-state index in [0.29, 0.717) is 17.4 Å². The molecule has 0 heterocycles. The fourth-order valence-electron chi connectivity index (χ4n) is 3.90. The molecule has 2 amide bonds. The Hall–Kier alpha value is -2.44. The molecule has 1 saturated carbocycles. The first kappa shape index (κ1) is 18.9. The maximum absolute atomic E-state index is 11.9. The lowest BCUT2D eigenvalue weighted by Crippen LogP contribution is -2.25. The molecule has 2 rings (SSSR count). The Morgan fingerprint density at radius 3 is 2.00 bits per heavy atom. The van der Waals surface area contributed by atoms with Gasteiger partial charge in [-0.3, -0.25) is 19.7 Å². The van der Waals surface area contributed by atoms with E-state index < -0.39 is 16.7 Å². The lowest BCUT2D eigenvalue weighted by atomic mass is 9.72. The number of amides is 2. The van der Waals surface area contributed by atoms with Crippen LogP contribution in [0.15, 0.2) is 12.1 Å². The molecule has 136 valence electrons. The average molecular weight is 347 g/mol. The number of nitro benzene ring substituents is 1. The zero-order valence-electron chi connectivity index (χ0n) is 14.7. The molecule has 1 aromatic carbocycles. The molecule has 7 nitrogen and oxygen atoms in total. The minimum atomic E-state index is -0.773. The van der Waals surface area contributed by atoms with Gasteiger partial charge in [-0.25, -0.2) is 0 Å². The van der Waals surface area contributed by atoms with Gasteiger partial charge < -0.3 is 11.5 Å². The van der Waals surface area contributed by atoms with Crippen molar-refractivity contribution < 1.29 is 14.5 Å². The predicted octanol–water partition coefficient (Wildman–Crippen LogP) is 3.11. The second-order valence-corrected chi connectivity index (χ2v) is 6.94. The summed E-state index contributed by atoms with van der Waals surface area (Å²) in [5.74, 6) is -0.334. The summed E-state index contributed by atoms with van der Waals surface area (Å²) >= 11 is 0. The van der Waals surface area contributed by atoms with Gasteiger partial charge in [-0.05, 0) is 49.0 Å². The maximum Gasteiger partial charge on any atom is 0.271 e. The highest BCUT2D eigenvalue weighted by Crippen LogP contribution is 2.42. The Kier molecular flexibility index (Phi) is 5.77. The molecule has 4 N–H and O–H groups in total. The lowest BCUT2D eigenvalue weighted by molar-refractivity contribution is -0.384. The molecule has 1 aliphatic rings. The fraction of sp³-hybridized carbons (Fsp3) is 0.556. The molecule has 0 aliphatic heterocycles. The van der Waals surface area contributed by atoms with Crippen LogP contribution in [0.3, 0.4) is 0 Å². The summed E-state index contributed by atoms with van der Waals surface area (Å²) in [5.41, 5.74) is 11.1.